The van der Waals surface area contributed by atoms with E-state index < -0.39 is 0 Å². The summed E-state index contributed by atoms with van der Waals surface area (Å²) in [5.74, 6) is 0. The molecule has 2 rings (SSSR count). The molecule has 1 unspecified atom stereocenters. The van der Waals surface area contributed by atoms with Gasteiger partial charge in [0, 0.05) is 19.1 Å². The fourth-order valence-electron chi connectivity index (χ4n) is 2.32. The molecule has 0 aliphatic carbocycles. The molecular weight excluding hydrogens is 210 g/mol. The zero-order valence-corrected chi connectivity index (χ0v) is 10.1. The van der Waals surface area contributed by atoms with E-state index in [0.717, 1.165) is 32.5 Å². The lowest BCUT2D eigenvalue weighted by Crippen LogP contribution is -2.33. The minimum absolute atomic E-state index is 0.469. The van der Waals surface area contributed by atoms with Gasteiger partial charge in [-0.3, -0.25) is 0 Å². The topological polar surface area (TPSA) is 39.1 Å². The molecular formula is C14H19N3. The smallest absolute Gasteiger partial charge is 0.0843 e. The molecule has 0 radical (unpaired) electrons. The molecule has 0 spiro atoms. The Kier molecular flexibility index (Phi) is 4.54. The highest BCUT2D eigenvalue weighted by Gasteiger charge is 2.20. The van der Waals surface area contributed by atoms with E-state index in [-0.39, 0.29) is 0 Å². The predicted molar refractivity (Wildman–Crippen MR) is 68.6 cm³/mol. The molecule has 90 valence electrons. The molecule has 1 atom stereocenters. The van der Waals surface area contributed by atoms with Crippen LogP contribution in [0, 0.1) is 11.3 Å². The standard InChI is InChI=1S/C14H19N3/c15-8-9-16-14-7-11-17(12-14)10-6-13-4-2-1-3-5-13/h1-5,14,16H,6-7,9-12H2. The van der Waals surface area contributed by atoms with Gasteiger partial charge in [-0.2, -0.15) is 5.26 Å². The van der Waals surface area contributed by atoms with Crippen molar-refractivity contribution in [3.05, 3.63) is 35.9 Å². The van der Waals surface area contributed by atoms with E-state index in [1.54, 1.807) is 0 Å². The van der Waals surface area contributed by atoms with Crippen molar-refractivity contribution in [2.75, 3.05) is 26.2 Å². The van der Waals surface area contributed by atoms with Gasteiger partial charge in [-0.15, -0.1) is 0 Å². The van der Waals surface area contributed by atoms with Gasteiger partial charge in [0.2, 0.25) is 0 Å². The molecule has 1 aliphatic heterocycles. The highest BCUT2D eigenvalue weighted by atomic mass is 15.2. The molecule has 0 amide bonds. The van der Waals surface area contributed by atoms with E-state index in [0.29, 0.717) is 12.6 Å². The number of hydrogen-bond acceptors (Lipinski definition) is 3. The maximum Gasteiger partial charge on any atom is 0.0843 e. The number of nitrogens with zero attached hydrogens (tertiary/aromatic N) is 2. The van der Waals surface area contributed by atoms with Gasteiger partial charge >= 0.3 is 0 Å². The van der Waals surface area contributed by atoms with Crippen molar-refractivity contribution >= 4 is 0 Å². The van der Waals surface area contributed by atoms with Gasteiger partial charge in [0.15, 0.2) is 0 Å². The summed E-state index contributed by atoms with van der Waals surface area (Å²) in [4.78, 5) is 2.47. The number of nitriles is 1. The van der Waals surface area contributed by atoms with Crippen molar-refractivity contribution in [2.24, 2.45) is 0 Å². The fraction of sp³-hybridized carbons (Fsp3) is 0.500. The number of nitrogens with one attached hydrogen (secondary N) is 1. The van der Waals surface area contributed by atoms with Crippen molar-refractivity contribution in [3.63, 3.8) is 0 Å². The summed E-state index contributed by atoms with van der Waals surface area (Å²) in [6, 6.07) is 13.3. The highest BCUT2D eigenvalue weighted by molar-refractivity contribution is 5.14. The van der Waals surface area contributed by atoms with Gasteiger partial charge in [-0.1, -0.05) is 30.3 Å². The van der Waals surface area contributed by atoms with E-state index in [4.69, 9.17) is 5.26 Å². The summed E-state index contributed by atoms with van der Waals surface area (Å²) in [5.41, 5.74) is 1.40. The Morgan fingerprint density at radius 2 is 2.18 bits per heavy atom. The van der Waals surface area contributed by atoms with Crippen molar-refractivity contribution in [2.45, 2.75) is 18.9 Å². The van der Waals surface area contributed by atoms with Crippen LogP contribution in [0.1, 0.15) is 12.0 Å². The zero-order chi connectivity index (χ0) is 11.9. The molecule has 0 saturated carbocycles. The maximum atomic E-state index is 8.52. The number of hydrogen-bond donors (Lipinski definition) is 1. The summed E-state index contributed by atoms with van der Waals surface area (Å²) in [6.07, 6.45) is 2.28. The molecule has 0 aromatic heterocycles. The SMILES string of the molecule is N#CCNC1CCN(CCc2ccccc2)C1. The summed E-state index contributed by atoms with van der Waals surface area (Å²) in [7, 11) is 0. The molecule has 1 fully saturated rings. The third kappa shape index (κ3) is 3.85. The largest absolute Gasteiger partial charge is 0.301 e. The van der Waals surface area contributed by atoms with Crippen LogP contribution >= 0.6 is 0 Å². The molecule has 1 N–H and O–H groups in total. The van der Waals surface area contributed by atoms with Gasteiger partial charge in [0.25, 0.3) is 0 Å². The first kappa shape index (κ1) is 12.1. The summed E-state index contributed by atoms with van der Waals surface area (Å²) >= 11 is 0. The third-order valence-corrected chi connectivity index (χ3v) is 3.30. The first-order chi connectivity index (χ1) is 8.38. The lowest BCUT2D eigenvalue weighted by Gasteiger charge is -2.15. The van der Waals surface area contributed by atoms with Crippen LogP contribution in [-0.2, 0) is 6.42 Å². The fourth-order valence-corrected chi connectivity index (χ4v) is 2.32. The van der Waals surface area contributed by atoms with Gasteiger partial charge in [0.05, 0.1) is 12.6 Å². The highest BCUT2D eigenvalue weighted by Crippen LogP contribution is 2.10. The molecule has 17 heavy (non-hydrogen) atoms. The van der Waals surface area contributed by atoms with Gasteiger partial charge in [-0.05, 0) is 24.9 Å². The average molecular weight is 229 g/mol. The first-order valence-electron chi connectivity index (χ1n) is 6.25. The number of likely N-dealkylation sites (tertiary alicyclic amines) is 1. The van der Waals surface area contributed by atoms with Crippen LogP contribution in [0.15, 0.2) is 30.3 Å². The summed E-state index contributed by atoms with van der Waals surface area (Å²) in [6.45, 7) is 3.82. The Labute approximate surface area is 103 Å². The summed E-state index contributed by atoms with van der Waals surface area (Å²) < 4.78 is 0. The molecule has 1 aliphatic rings. The second-order valence-electron chi connectivity index (χ2n) is 4.56. The minimum Gasteiger partial charge on any atom is -0.301 e. The van der Waals surface area contributed by atoms with E-state index in [1.807, 2.05) is 0 Å². The normalized spacial score (nSPS) is 20.3. The van der Waals surface area contributed by atoms with Crippen molar-refractivity contribution in [3.8, 4) is 6.07 Å². The van der Waals surface area contributed by atoms with E-state index in [9.17, 15) is 0 Å². The van der Waals surface area contributed by atoms with Crippen molar-refractivity contribution in [1.29, 1.82) is 5.26 Å². The molecule has 3 heteroatoms. The van der Waals surface area contributed by atoms with Crippen LogP contribution in [0.2, 0.25) is 0 Å². The monoisotopic (exact) mass is 229 g/mol. The minimum atomic E-state index is 0.469. The lowest BCUT2D eigenvalue weighted by atomic mass is 10.1. The molecule has 0 bridgehead atoms. The van der Waals surface area contributed by atoms with Crippen LogP contribution in [-0.4, -0.2) is 37.1 Å². The molecule has 1 aromatic rings. The second kappa shape index (κ2) is 6.39. The van der Waals surface area contributed by atoms with E-state index in [2.05, 4.69) is 46.6 Å². The van der Waals surface area contributed by atoms with Gasteiger partial charge < -0.3 is 10.2 Å². The average Bonchev–Trinajstić information content (AvgIpc) is 2.83. The Morgan fingerprint density at radius 3 is 2.94 bits per heavy atom. The second-order valence-corrected chi connectivity index (χ2v) is 4.56. The predicted octanol–water partition coefficient (Wildman–Crippen LogP) is 1.42. The van der Waals surface area contributed by atoms with Gasteiger partial charge in [0.1, 0.15) is 0 Å². The number of benzene rings is 1. The van der Waals surface area contributed by atoms with E-state index in [1.165, 1.54) is 5.56 Å². The summed E-state index contributed by atoms with van der Waals surface area (Å²) in [5, 5.41) is 11.8. The number of rotatable bonds is 5. The Bertz CT molecular complexity index is 369. The molecule has 1 aromatic carbocycles. The van der Waals surface area contributed by atoms with Crippen LogP contribution in [0.5, 0.6) is 0 Å². The van der Waals surface area contributed by atoms with E-state index >= 15 is 0 Å². The van der Waals surface area contributed by atoms with Crippen LogP contribution < -0.4 is 5.32 Å². The third-order valence-electron chi connectivity index (χ3n) is 3.30. The maximum absolute atomic E-state index is 8.52. The quantitative estimate of drug-likeness (QED) is 0.776. The lowest BCUT2D eigenvalue weighted by molar-refractivity contribution is 0.333. The Morgan fingerprint density at radius 1 is 1.35 bits per heavy atom. The van der Waals surface area contributed by atoms with Gasteiger partial charge in [-0.25, -0.2) is 0 Å². The van der Waals surface area contributed by atoms with Crippen molar-refractivity contribution in [1.82, 2.24) is 10.2 Å². The Hall–Kier alpha value is -1.37. The zero-order valence-electron chi connectivity index (χ0n) is 10.1. The van der Waals surface area contributed by atoms with Crippen molar-refractivity contribution < 1.29 is 0 Å². The van der Waals surface area contributed by atoms with Crippen LogP contribution in [0.3, 0.4) is 0 Å². The molecule has 1 heterocycles. The van der Waals surface area contributed by atoms with Crippen LogP contribution in [0.25, 0.3) is 0 Å². The molecule has 1 saturated heterocycles. The first-order valence-corrected chi connectivity index (χ1v) is 6.25. The van der Waals surface area contributed by atoms with Crippen LogP contribution in [0.4, 0.5) is 0 Å². The molecule has 3 nitrogen and oxygen atoms in total. The Balaban J connectivity index is 1.70.